The van der Waals surface area contributed by atoms with Gasteiger partial charge in [-0.2, -0.15) is 0 Å². The summed E-state index contributed by atoms with van der Waals surface area (Å²) < 4.78 is 1.16. The van der Waals surface area contributed by atoms with E-state index >= 15 is 0 Å². The molecule has 0 bridgehead atoms. The van der Waals surface area contributed by atoms with Gasteiger partial charge in [0.1, 0.15) is 5.01 Å². The number of aromatic nitrogens is 1. The number of carbonyl (C=O) groups is 2. The zero-order valence-corrected chi connectivity index (χ0v) is 17.4. The topological polar surface area (TPSA) is 74.3 Å². The molecule has 0 radical (unpaired) electrons. The van der Waals surface area contributed by atoms with Gasteiger partial charge < -0.3 is 5.32 Å². The number of thiazole rings is 1. The van der Waals surface area contributed by atoms with E-state index in [0.29, 0.717) is 5.69 Å². The number of anilines is 1. The van der Waals surface area contributed by atoms with Gasteiger partial charge in [0.25, 0.3) is 0 Å². The van der Waals surface area contributed by atoms with Crippen LogP contribution in [0.25, 0.3) is 10.2 Å². The highest BCUT2D eigenvalue weighted by molar-refractivity contribution is 7.18. The van der Waals surface area contributed by atoms with Crippen LogP contribution in [0.2, 0.25) is 0 Å². The van der Waals surface area contributed by atoms with Crippen LogP contribution in [0.5, 0.6) is 0 Å². The van der Waals surface area contributed by atoms with Crippen molar-refractivity contribution in [1.82, 2.24) is 15.2 Å². The Kier molecular flexibility index (Phi) is 5.60. The number of carbonyl (C=O) groups excluding carboxylic acids is 2. The molecular formula is C22H24N4O2S. The minimum atomic E-state index is -0.506. The molecule has 150 valence electrons. The molecule has 1 fully saturated rings. The third kappa shape index (κ3) is 4.46. The van der Waals surface area contributed by atoms with Gasteiger partial charge in [0.05, 0.1) is 22.8 Å². The van der Waals surface area contributed by atoms with Crippen molar-refractivity contribution < 1.29 is 9.59 Å². The summed E-state index contributed by atoms with van der Waals surface area (Å²) in [6.07, 6.45) is 1.99. The van der Waals surface area contributed by atoms with Crippen LogP contribution in [0.3, 0.4) is 0 Å². The van der Waals surface area contributed by atoms with Gasteiger partial charge in [0.2, 0.25) is 5.91 Å². The first-order chi connectivity index (χ1) is 14.0. The van der Waals surface area contributed by atoms with Crippen molar-refractivity contribution in [2.75, 3.05) is 18.4 Å². The molecule has 3 aromatic rings. The number of imide groups is 1. The molecule has 6 nitrogen and oxygen atoms in total. The normalized spacial score (nSPS) is 16.8. The minimum Gasteiger partial charge on any atom is -0.308 e. The molecule has 4 rings (SSSR count). The molecule has 0 spiro atoms. The van der Waals surface area contributed by atoms with Crippen LogP contribution in [0.1, 0.15) is 35.0 Å². The summed E-state index contributed by atoms with van der Waals surface area (Å²) in [4.78, 5) is 31.5. The van der Waals surface area contributed by atoms with E-state index in [4.69, 9.17) is 4.98 Å². The number of aryl methyl sites for hydroxylation is 2. The van der Waals surface area contributed by atoms with Gasteiger partial charge in [-0.05, 0) is 68.6 Å². The predicted molar refractivity (Wildman–Crippen MR) is 116 cm³/mol. The van der Waals surface area contributed by atoms with Crippen molar-refractivity contribution in [1.29, 1.82) is 0 Å². The smallest absolute Gasteiger partial charge is 0.308 e. The number of para-hydroxylation sites is 1. The van der Waals surface area contributed by atoms with Crippen LogP contribution in [-0.4, -0.2) is 34.9 Å². The molecule has 1 saturated heterocycles. The average Bonchev–Trinajstić information content (AvgIpc) is 3.30. The zero-order chi connectivity index (χ0) is 20.4. The molecule has 1 aliphatic heterocycles. The predicted octanol–water partition coefficient (Wildman–Crippen LogP) is 4.40. The molecule has 0 aliphatic carbocycles. The Balaban J connectivity index is 1.36. The standard InChI is InChI=1S/C22H24N4O2S/c1-14-9-10-16(12-15(14)2)23-22(28)25-20(27)13-26-11-5-7-18(26)21-24-17-6-3-4-8-19(17)29-21/h3-4,6,8-10,12,18H,5,7,11,13H2,1-2H3,(H2,23,25,27,28). The van der Waals surface area contributed by atoms with E-state index in [9.17, 15) is 9.59 Å². The summed E-state index contributed by atoms with van der Waals surface area (Å²) in [6, 6.07) is 13.4. The number of nitrogens with zero attached hydrogens (tertiary/aromatic N) is 2. The van der Waals surface area contributed by atoms with Crippen molar-refractivity contribution in [3.63, 3.8) is 0 Å². The van der Waals surface area contributed by atoms with Crippen LogP contribution >= 0.6 is 11.3 Å². The summed E-state index contributed by atoms with van der Waals surface area (Å²) in [6.45, 7) is 5.01. The van der Waals surface area contributed by atoms with Crippen molar-refractivity contribution in [3.8, 4) is 0 Å². The van der Waals surface area contributed by atoms with Gasteiger partial charge in [0, 0.05) is 5.69 Å². The lowest BCUT2D eigenvalue weighted by Gasteiger charge is -2.21. The van der Waals surface area contributed by atoms with Crippen LogP contribution in [0, 0.1) is 13.8 Å². The third-order valence-electron chi connectivity index (χ3n) is 5.32. The number of hydrogen-bond acceptors (Lipinski definition) is 5. The van der Waals surface area contributed by atoms with Gasteiger partial charge in [0.15, 0.2) is 0 Å². The Labute approximate surface area is 173 Å². The van der Waals surface area contributed by atoms with E-state index in [2.05, 4.69) is 21.6 Å². The number of likely N-dealkylation sites (tertiary alicyclic amines) is 1. The number of hydrogen-bond donors (Lipinski definition) is 2. The zero-order valence-electron chi connectivity index (χ0n) is 16.6. The molecular weight excluding hydrogens is 384 g/mol. The molecule has 29 heavy (non-hydrogen) atoms. The van der Waals surface area contributed by atoms with E-state index in [1.165, 1.54) is 0 Å². The fraction of sp³-hybridized carbons (Fsp3) is 0.318. The summed E-state index contributed by atoms with van der Waals surface area (Å²) in [7, 11) is 0. The second-order valence-electron chi connectivity index (χ2n) is 7.45. The second kappa shape index (κ2) is 8.31. The molecule has 2 aromatic carbocycles. The van der Waals surface area contributed by atoms with Crippen LogP contribution < -0.4 is 10.6 Å². The van der Waals surface area contributed by atoms with Crippen molar-refractivity contribution in [3.05, 3.63) is 58.6 Å². The summed E-state index contributed by atoms with van der Waals surface area (Å²) in [5.74, 6) is -0.306. The van der Waals surface area contributed by atoms with Gasteiger partial charge in [-0.25, -0.2) is 9.78 Å². The molecule has 1 aliphatic rings. The lowest BCUT2D eigenvalue weighted by atomic mass is 10.1. The Morgan fingerprint density at radius 1 is 1.17 bits per heavy atom. The van der Waals surface area contributed by atoms with Gasteiger partial charge in [-0.15, -0.1) is 11.3 Å². The van der Waals surface area contributed by atoms with Gasteiger partial charge in [-0.3, -0.25) is 15.0 Å². The van der Waals surface area contributed by atoms with Gasteiger partial charge >= 0.3 is 6.03 Å². The Morgan fingerprint density at radius 2 is 2.00 bits per heavy atom. The molecule has 3 amide bonds. The van der Waals surface area contributed by atoms with E-state index < -0.39 is 6.03 Å². The van der Waals surface area contributed by atoms with Crippen molar-refractivity contribution >= 4 is 39.2 Å². The maximum Gasteiger partial charge on any atom is 0.325 e. The number of urea groups is 1. The van der Waals surface area contributed by atoms with Crippen molar-refractivity contribution in [2.45, 2.75) is 32.7 Å². The molecule has 1 aromatic heterocycles. The lowest BCUT2D eigenvalue weighted by molar-refractivity contribution is -0.121. The number of fused-ring (bicyclic) bond motifs is 1. The van der Waals surface area contributed by atoms with E-state index in [-0.39, 0.29) is 18.5 Å². The second-order valence-corrected chi connectivity index (χ2v) is 8.51. The molecule has 1 atom stereocenters. The molecule has 2 N–H and O–H groups in total. The lowest BCUT2D eigenvalue weighted by Crippen LogP contribution is -2.41. The molecule has 7 heteroatoms. The molecule has 2 heterocycles. The first-order valence-electron chi connectivity index (χ1n) is 9.77. The number of benzene rings is 2. The summed E-state index contributed by atoms with van der Waals surface area (Å²) in [5.41, 5.74) is 3.91. The fourth-order valence-electron chi connectivity index (χ4n) is 3.66. The third-order valence-corrected chi connectivity index (χ3v) is 6.46. The average molecular weight is 409 g/mol. The Bertz CT molecular complexity index is 1030. The van der Waals surface area contributed by atoms with E-state index in [1.807, 2.05) is 50.2 Å². The number of nitrogens with one attached hydrogen (secondary N) is 2. The monoisotopic (exact) mass is 408 g/mol. The van der Waals surface area contributed by atoms with Crippen LogP contribution in [0.4, 0.5) is 10.5 Å². The maximum atomic E-state index is 12.4. The van der Waals surface area contributed by atoms with Crippen molar-refractivity contribution in [2.24, 2.45) is 0 Å². The minimum absolute atomic E-state index is 0.126. The van der Waals surface area contributed by atoms with Crippen LogP contribution in [-0.2, 0) is 4.79 Å². The quantitative estimate of drug-likeness (QED) is 0.671. The maximum absolute atomic E-state index is 12.4. The number of rotatable bonds is 4. The first kappa shape index (κ1) is 19.5. The molecule has 1 unspecified atom stereocenters. The van der Waals surface area contributed by atoms with Crippen LogP contribution in [0.15, 0.2) is 42.5 Å². The van der Waals surface area contributed by atoms with E-state index in [0.717, 1.165) is 45.7 Å². The SMILES string of the molecule is Cc1ccc(NC(=O)NC(=O)CN2CCCC2c2nc3ccccc3s2)cc1C. The van der Waals surface area contributed by atoms with Gasteiger partial charge in [-0.1, -0.05) is 18.2 Å². The van der Waals surface area contributed by atoms with E-state index in [1.54, 1.807) is 11.3 Å². The summed E-state index contributed by atoms with van der Waals surface area (Å²) >= 11 is 1.68. The number of amides is 3. The summed E-state index contributed by atoms with van der Waals surface area (Å²) in [5, 5.41) is 6.21. The largest absolute Gasteiger partial charge is 0.325 e. The highest BCUT2D eigenvalue weighted by Gasteiger charge is 2.30. The Hall–Kier alpha value is -2.77. The highest BCUT2D eigenvalue weighted by atomic mass is 32.1. The first-order valence-corrected chi connectivity index (χ1v) is 10.6. The fourth-order valence-corrected chi connectivity index (χ4v) is 4.80. The highest BCUT2D eigenvalue weighted by Crippen LogP contribution is 2.36. The Morgan fingerprint density at radius 3 is 2.79 bits per heavy atom. The molecule has 0 saturated carbocycles.